The number of fused-ring (bicyclic) bond motifs is 1. The number of nitrogens with zero attached hydrogens (tertiary/aromatic N) is 4. The highest BCUT2D eigenvalue weighted by molar-refractivity contribution is 7.92. The molecule has 41 heavy (non-hydrogen) atoms. The molecule has 0 saturated carbocycles. The summed E-state index contributed by atoms with van der Waals surface area (Å²) in [6.45, 7) is 3.12. The van der Waals surface area contributed by atoms with Gasteiger partial charge >= 0.3 is 0 Å². The van der Waals surface area contributed by atoms with Crippen LogP contribution in [0.25, 0.3) is 27.8 Å². The van der Waals surface area contributed by atoms with Crippen molar-refractivity contribution in [1.82, 2.24) is 14.5 Å². The number of morpholine rings is 1. The number of sulfonamides is 1. The minimum Gasteiger partial charge on any atom is -0.480 e. The summed E-state index contributed by atoms with van der Waals surface area (Å²) >= 11 is 6.04. The van der Waals surface area contributed by atoms with Crippen molar-refractivity contribution < 1.29 is 17.9 Å². The third-order valence-corrected chi connectivity index (χ3v) is 8.49. The Morgan fingerprint density at radius 3 is 2.46 bits per heavy atom. The first-order valence-electron chi connectivity index (χ1n) is 12.9. The van der Waals surface area contributed by atoms with Gasteiger partial charge in [-0.1, -0.05) is 23.7 Å². The van der Waals surface area contributed by atoms with Crippen LogP contribution in [0.2, 0.25) is 5.02 Å². The quantitative estimate of drug-likeness (QED) is 0.272. The average molecular weight is 591 g/mol. The minimum absolute atomic E-state index is 0.0287. The van der Waals surface area contributed by atoms with Crippen molar-refractivity contribution in [3.8, 4) is 22.7 Å². The van der Waals surface area contributed by atoms with E-state index in [1.54, 1.807) is 24.4 Å². The third kappa shape index (κ3) is 5.39. The fourth-order valence-electron chi connectivity index (χ4n) is 4.88. The van der Waals surface area contributed by atoms with Crippen LogP contribution in [0, 0.1) is 0 Å². The molecule has 210 valence electrons. The number of halogens is 1. The lowest BCUT2D eigenvalue weighted by Gasteiger charge is -2.29. The Balaban J connectivity index is 1.37. The summed E-state index contributed by atoms with van der Waals surface area (Å²) in [5.41, 5.74) is 11.5. The number of aromatic nitrogens is 3. The number of hydrogen-bond donors (Lipinski definition) is 2. The van der Waals surface area contributed by atoms with E-state index in [0.717, 1.165) is 35.5 Å². The predicted molar refractivity (Wildman–Crippen MR) is 161 cm³/mol. The van der Waals surface area contributed by atoms with Crippen LogP contribution < -0.4 is 20.1 Å². The van der Waals surface area contributed by atoms with E-state index in [9.17, 15) is 8.42 Å². The molecule has 3 aromatic carbocycles. The minimum atomic E-state index is -4.05. The van der Waals surface area contributed by atoms with E-state index in [2.05, 4.69) is 31.7 Å². The zero-order valence-electron chi connectivity index (χ0n) is 22.1. The third-order valence-electron chi connectivity index (χ3n) is 6.88. The first kappa shape index (κ1) is 26.9. The van der Waals surface area contributed by atoms with Crippen LogP contribution >= 0.6 is 11.6 Å². The molecule has 2 aromatic heterocycles. The molecule has 12 heteroatoms. The Hall–Kier alpha value is -4.32. The van der Waals surface area contributed by atoms with Crippen LogP contribution in [0.1, 0.15) is 0 Å². The van der Waals surface area contributed by atoms with Crippen molar-refractivity contribution in [3.05, 3.63) is 84.0 Å². The van der Waals surface area contributed by atoms with E-state index in [-0.39, 0.29) is 10.8 Å². The number of anilines is 3. The Kier molecular flexibility index (Phi) is 7.16. The largest absolute Gasteiger partial charge is 0.480 e. The normalized spacial score (nSPS) is 13.9. The van der Waals surface area contributed by atoms with Crippen LogP contribution in [0.4, 0.5) is 17.3 Å². The second kappa shape index (κ2) is 10.9. The molecule has 3 N–H and O–H groups in total. The van der Waals surface area contributed by atoms with Crippen LogP contribution in [0.15, 0.2) is 83.9 Å². The number of ether oxygens (including phenoxy) is 2. The Labute approximate surface area is 242 Å². The first-order valence-corrected chi connectivity index (χ1v) is 14.7. The lowest BCUT2D eigenvalue weighted by Crippen LogP contribution is -2.36. The number of hydrogen-bond acceptors (Lipinski definition) is 8. The van der Waals surface area contributed by atoms with Gasteiger partial charge in [-0.3, -0.25) is 9.29 Å². The summed E-state index contributed by atoms with van der Waals surface area (Å²) in [6, 6.07) is 21.7. The molecule has 1 aliphatic heterocycles. The maximum atomic E-state index is 13.4. The summed E-state index contributed by atoms with van der Waals surface area (Å²) in [4.78, 5) is 11.0. The summed E-state index contributed by atoms with van der Waals surface area (Å²) in [7, 11) is -2.68. The molecule has 0 bridgehead atoms. The number of nitrogens with one attached hydrogen (secondary N) is 1. The fraction of sp³-hybridized carbons (Fsp3) is 0.172. The van der Waals surface area contributed by atoms with Gasteiger partial charge in [0, 0.05) is 41.2 Å². The van der Waals surface area contributed by atoms with Gasteiger partial charge in [0.05, 0.1) is 37.0 Å². The molecule has 0 unspecified atom stereocenters. The summed E-state index contributed by atoms with van der Waals surface area (Å²) < 4.78 is 41.9. The van der Waals surface area contributed by atoms with Gasteiger partial charge < -0.3 is 20.1 Å². The highest BCUT2D eigenvalue weighted by Gasteiger charge is 2.23. The average Bonchev–Trinajstić information content (AvgIpc) is 3.32. The van der Waals surface area contributed by atoms with E-state index < -0.39 is 10.0 Å². The van der Waals surface area contributed by atoms with Gasteiger partial charge in [0.2, 0.25) is 11.8 Å². The van der Waals surface area contributed by atoms with Crippen LogP contribution in [0.3, 0.4) is 0 Å². The van der Waals surface area contributed by atoms with Gasteiger partial charge in [-0.2, -0.15) is 0 Å². The van der Waals surface area contributed by atoms with Crippen LogP contribution in [0.5, 0.6) is 5.88 Å². The van der Waals surface area contributed by atoms with E-state index >= 15 is 0 Å². The maximum absolute atomic E-state index is 13.4. The van der Waals surface area contributed by atoms with Crippen molar-refractivity contribution >= 4 is 50.0 Å². The second-order valence-electron chi connectivity index (χ2n) is 9.47. The van der Waals surface area contributed by atoms with Gasteiger partial charge in [0.25, 0.3) is 10.0 Å². The van der Waals surface area contributed by atoms with Crippen molar-refractivity contribution in [2.24, 2.45) is 0 Å². The number of rotatable bonds is 7. The first-order chi connectivity index (χ1) is 19.8. The van der Waals surface area contributed by atoms with Crippen molar-refractivity contribution in [2.75, 3.05) is 48.8 Å². The van der Waals surface area contributed by atoms with E-state index in [0.29, 0.717) is 41.0 Å². The molecular weight excluding hydrogens is 564 g/mol. The lowest BCUT2D eigenvalue weighted by atomic mass is 10.1. The smallest absolute Gasteiger partial charge is 0.267 e. The van der Waals surface area contributed by atoms with Crippen LogP contribution in [-0.4, -0.2) is 56.4 Å². The molecule has 3 heterocycles. The Bertz CT molecular complexity index is 1840. The van der Waals surface area contributed by atoms with Gasteiger partial charge in [0.15, 0.2) is 0 Å². The lowest BCUT2D eigenvalue weighted by molar-refractivity contribution is 0.122. The molecule has 0 radical (unpaired) electrons. The number of benzene rings is 3. The van der Waals surface area contributed by atoms with E-state index in [1.165, 1.54) is 19.2 Å². The Morgan fingerprint density at radius 2 is 1.73 bits per heavy atom. The standard InChI is InChI=1S/C29H27ClN6O4S/c1-39-28-27(41(37,38)34-22-4-2-3-21(30)17-22)16-20(18-32-28)19-5-10-25-26(15-19)36(29(31)33-25)24-8-6-23(7-9-24)35-11-13-40-14-12-35/h2-10,15-18,34H,11-14H2,1H3,(H2,31,33). The highest BCUT2D eigenvalue weighted by atomic mass is 35.5. The van der Waals surface area contributed by atoms with Gasteiger partial charge in [0.1, 0.15) is 4.90 Å². The zero-order chi connectivity index (χ0) is 28.6. The summed E-state index contributed by atoms with van der Waals surface area (Å²) in [6.07, 6.45) is 1.57. The number of imidazole rings is 1. The molecule has 10 nitrogen and oxygen atoms in total. The fourth-order valence-corrected chi connectivity index (χ4v) is 6.26. The highest BCUT2D eigenvalue weighted by Crippen LogP contribution is 2.33. The molecule has 0 atom stereocenters. The summed E-state index contributed by atoms with van der Waals surface area (Å²) in [5.74, 6) is 0.317. The number of nitrogen functional groups attached to an aromatic ring is 1. The molecular formula is C29H27ClN6O4S. The molecule has 0 aliphatic carbocycles. The monoisotopic (exact) mass is 590 g/mol. The SMILES string of the molecule is COc1ncc(-c2ccc3nc(N)n(-c4ccc(N5CCOCC5)cc4)c3c2)cc1S(=O)(=O)Nc1cccc(Cl)c1. The molecule has 6 rings (SSSR count). The molecule has 1 fully saturated rings. The van der Waals surface area contributed by atoms with Crippen molar-refractivity contribution in [3.63, 3.8) is 0 Å². The summed E-state index contributed by atoms with van der Waals surface area (Å²) in [5, 5.41) is 0.406. The van der Waals surface area contributed by atoms with Gasteiger partial charge in [-0.15, -0.1) is 0 Å². The number of nitrogens with two attached hydrogens (primary N) is 1. The molecule has 1 aliphatic rings. The molecule has 0 spiro atoms. The number of methoxy groups -OCH3 is 1. The number of pyridine rings is 1. The second-order valence-corrected chi connectivity index (χ2v) is 11.6. The van der Waals surface area contributed by atoms with Crippen molar-refractivity contribution in [2.45, 2.75) is 4.90 Å². The van der Waals surface area contributed by atoms with Crippen molar-refractivity contribution in [1.29, 1.82) is 0 Å². The van der Waals surface area contributed by atoms with Gasteiger partial charge in [-0.05, 0) is 66.2 Å². The predicted octanol–water partition coefficient (Wildman–Crippen LogP) is 4.97. The Morgan fingerprint density at radius 1 is 0.976 bits per heavy atom. The van der Waals surface area contributed by atoms with Gasteiger partial charge in [-0.25, -0.2) is 18.4 Å². The van der Waals surface area contributed by atoms with Crippen LogP contribution in [-0.2, 0) is 14.8 Å². The molecule has 0 amide bonds. The van der Waals surface area contributed by atoms with E-state index in [1.807, 2.05) is 34.9 Å². The zero-order valence-corrected chi connectivity index (χ0v) is 23.7. The molecule has 5 aromatic rings. The topological polar surface area (TPSA) is 125 Å². The molecule has 1 saturated heterocycles. The maximum Gasteiger partial charge on any atom is 0.267 e. The van der Waals surface area contributed by atoms with E-state index in [4.69, 9.17) is 26.8 Å².